The van der Waals surface area contributed by atoms with E-state index in [1.165, 1.54) is 5.57 Å². The Hall–Kier alpha value is -0.940. The van der Waals surface area contributed by atoms with E-state index in [9.17, 15) is 51.1 Å². The molecule has 7 fully saturated rings. The first-order valence-electron chi connectivity index (χ1n) is 24.2. The van der Waals surface area contributed by atoms with Crippen LogP contribution in [0.25, 0.3) is 0 Å². The van der Waals surface area contributed by atoms with Gasteiger partial charge in [-0.1, -0.05) is 60.1 Å². The molecule has 0 spiro atoms. The zero-order valence-corrected chi connectivity index (χ0v) is 39.7. The average Bonchev–Trinajstić information content (AvgIpc) is 3.24. The minimum atomic E-state index is -1.80. The molecule has 0 aromatic rings. The Morgan fingerprint density at radius 2 is 1.34 bits per heavy atom. The van der Waals surface area contributed by atoms with E-state index in [-0.39, 0.29) is 52.1 Å². The van der Waals surface area contributed by atoms with E-state index in [1.807, 2.05) is 0 Å². The van der Waals surface area contributed by atoms with Crippen molar-refractivity contribution in [2.24, 2.45) is 50.2 Å². The molecular formula is C48H80O17. The smallest absolute Gasteiger partial charge is 0.187 e. The topological polar surface area (TPSA) is 267 Å². The zero-order valence-electron chi connectivity index (χ0n) is 39.7. The molecular weight excluding hydrogens is 849 g/mol. The first-order valence-corrected chi connectivity index (χ1v) is 24.2. The van der Waals surface area contributed by atoms with Gasteiger partial charge in [0.2, 0.25) is 0 Å². The Morgan fingerprint density at radius 1 is 0.692 bits per heavy atom. The Bertz CT molecular complexity index is 1730. The molecule has 0 bridgehead atoms. The highest BCUT2D eigenvalue weighted by atomic mass is 16.8. The second-order valence-corrected chi connectivity index (χ2v) is 23.5. The van der Waals surface area contributed by atoms with Crippen molar-refractivity contribution in [1.82, 2.24) is 0 Å². The molecule has 8 aliphatic rings. The Labute approximate surface area is 383 Å². The molecule has 24 atom stereocenters. The van der Waals surface area contributed by atoms with E-state index in [1.54, 1.807) is 14.0 Å². The second-order valence-electron chi connectivity index (χ2n) is 23.5. The van der Waals surface area contributed by atoms with E-state index in [4.69, 9.17) is 33.2 Å². The number of aliphatic hydroxyl groups excluding tert-OH is 10. The monoisotopic (exact) mass is 929 g/mol. The maximum Gasteiger partial charge on any atom is 0.187 e. The third kappa shape index (κ3) is 7.85. The van der Waals surface area contributed by atoms with Gasteiger partial charge in [-0.3, -0.25) is 0 Å². The Balaban J connectivity index is 1.07. The first kappa shape index (κ1) is 50.4. The highest BCUT2D eigenvalue weighted by Crippen LogP contribution is 2.76. The van der Waals surface area contributed by atoms with Crippen LogP contribution in [-0.2, 0) is 33.2 Å². The summed E-state index contributed by atoms with van der Waals surface area (Å²) in [5, 5.41) is 109. The molecule has 374 valence electrons. The van der Waals surface area contributed by atoms with Gasteiger partial charge in [-0.25, -0.2) is 0 Å². The van der Waals surface area contributed by atoms with E-state index < -0.39 is 122 Å². The standard InChI is InChI=1S/C48H80O17/c1-22-31(53)34(56)37(65-42-38(35(57)33(55)27(19-49)62-42)64-40-36(58)32(54)25(51)20-60-40)41(61-22)63-30-11-12-45(6)28(44(30,4)5)10-13-46(7)39(45)26(59-9)16-23-24-17-43(2,3)14-15-48(24,21-50)29(52)18-47(23,46)8/h16,22,24-42,49-58H,10-15,17-21H2,1-9H3. The van der Waals surface area contributed by atoms with Crippen LogP contribution >= 0.6 is 0 Å². The summed E-state index contributed by atoms with van der Waals surface area (Å²) in [4.78, 5) is 0. The van der Waals surface area contributed by atoms with Crippen molar-refractivity contribution in [2.45, 2.75) is 211 Å². The van der Waals surface area contributed by atoms with E-state index in [2.05, 4.69) is 54.5 Å². The molecule has 17 nitrogen and oxygen atoms in total. The normalized spacial score (nSPS) is 55.2. The third-order valence-corrected chi connectivity index (χ3v) is 19.3. The number of methoxy groups -OCH3 is 1. The molecule has 0 amide bonds. The number of allylic oxidation sites excluding steroid dienone is 1. The van der Waals surface area contributed by atoms with Gasteiger partial charge in [0.05, 0.1) is 44.2 Å². The van der Waals surface area contributed by atoms with Crippen LogP contribution in [0.5, 0.6) is 0 Å². The molecule has 5 aliphatic carbocycles. The fraction of sp³-hybridized carbons (Fsp3) is 0.958. The number of ether oxygens (including phenoxy) is 7. The minimum Gasteiger partial charge on any atom is -0.396 e. The molecule has 3 heterocycles. The molecule has 24 unspecified atom stereocenters. The lowest BCUT2D eigenvalue weighted by atomic mass is 9.33. The number of hydrogen-bond acceptors (Lipinski definition) is 17. The maximum atomic E-state index is 12.2. The zero-order chi connectivity index (χ0) is 47.6. The van der Waals surface area contributed by atoms with Crippen LogP contribution in [0, 0.1) is 50.2 Å². The summed E-state index contributed by atoms with van der Waals surface area (Å²) in [6.07, 6.45) is -13.9. The van der Waals surface area contributed by atoms with Gasteiger partial charge in [-0.2, -0.15) is 0 Å². The van der Waals surface area contributed by atoms with Crippen molar-refractivity contribution in [3.8, 4) is 0 Å². The molecule has 0 radical (unpaired) electrons. The first-order chi connectivity index (χ1) is 30.4. The van der Waals surface area contributed by atoms with Crippen molar-refractivity contribution >= 4 is 0 Å². The Morgan fingerprint density at radius 3 is 1.98 bits per heavy atom. The number of hydrogen-bond donors (Lipinski definition) is 10. The highest BCUT2D eigenvalue weighted by molar-refractivity contribution is 5.37. The average molecular weight is 929 g/mol. The highest BCUT2D eigenvalue weighted by Gasteiger charge is 2.72. The predicted molar refractivity (Wildman–Crippen MR) is 230 cm³/mol. The summed E-state index contributed by atoms with van der Waals surface area (Å²) >= 11 is 0. The number of fused-ring (bicyclic) bond motifs is 7. The minimum absolute atomic E-state index is 0.0336. The van der Waals surface area contributed by atoms with Crippen molar-refractivity contribution in [1.29, 1.82) is 0 Å². The molecule has 10 N–H and O–H groups in total. The lowest BCUT2D eigenvalue weighted by Gasteiger charge is -2.73. The molecule has 3 aliphatic heterocycles. The van der Waals surface area contributed by atoms with Crippen LogP contribution < -0.4 is 0 Å². The van der Waals surface area contributed by atoms with Gasteiger partial charge in [0.15, 0.2) is 18.9 Å². The maximum absolute atomic E-state index is 12.2. The van der Waals surface area contributed by atoms with Gasteiger partial charge in [-0.15, -0.1) is 0 Å². The van der Waals surface area contributed by atoms with Crippen LogP contribution in [0.2, 0.25) is 0 Å². The summed E-state index contributed by atoms with van der Waals surface area (Å²) in [5.74, 6) is 0.232. The molecule has 8 rings (SSSR count). The van der Waals surface area contributed by atoms with Crippen molar-refractivity contribution in [3.05, 3.63) is 11.6 Å². The fourth-order valence-electron chi connectivity index (χ4n) is 15.2. The lowest BCUT2D eigenvalue weighted by Crippen LogP contribution is -2.70. The van der Waals surface area contributed by atoms with Crippen LogP contribution in [0.4, 0.5) is 0 Å². The quantitative estimate of drug-likeness (QED) is 0.114. The molecule has 4 saturated carbocycles. The van der Waals surface area contributed by atoms with Gasteiger partial charge in [0, 0.05) is 18.4 Å². The van der Waals surface area contributed by atoms with Crippen molar-refractivity contribution in [2.75, 3.05) is 26.9 Å². The number of rotatable bonds is 9. The third-order valence-electron chi connectivity index (χ3n) is 19.3. The summed E-state index contributed by atoms with van der Waals surface area (Å²) in [7, 11) is 1.80. The van der Waals surface area contributed by atoms with Crippen LogP contribution in [-0.4, -0.2) is 182 Å². The van der Waals surface area contributed by atoms with Gasteiger partial charge < -0.3 is 84.2 Å². The largest absolute Gasteiger partial charge is 0.396 e. The molecule has 17 heteroatoms. The molecule has 65 heavy (non-hydrogen) atoms. The predicted octanol–water partition coefficient (Wildman–Crippen LogP) is 0.876. The van der Waals surface area contributed by atoms with Crippen molar-refractivity contribution in [3.63, 3.8) is 0 Å². The number of aliphatic hydroxyl groups is 10. The van der Waals surface area contributed by atoms with Gasteiger partial charge in [0.25, 0.3) is 0 Å². The lowest BCUT2D eigenvalue weighted by molar-refractivity contribution is -0.393. The van der Waals surface area contributed by atoms with Crippen LogP contribution in [0.1, 0.15) is 107 Å². The summed E-state index contributed by atoms with van der Waals surface area (Å²) in [5.41, 5.74) is -0.503. The molecule has 3 saturated heterocycles. The van der Waals surface area contributed by atoms with E-state index in [0.717, 1.165) is 38.5 Å². The van der Waals surface area contributed by atoms with Crippen molar-refractivity contribution < 1.29 is 84.2 Å². The fourth-order valence-corrected chi connectivity index (χ4v) is 15.2. The van der Waals surface area contributed by atoms with E-state index >= 15 is 0 Å². The van der Waals surface area contributed by atoms with E-state index in [0.29, 0.717) is 12.8 Å². The summed E-state index contributed by atoms with van der Waals surface area (Å²) < 4.78 is 43.4. The second kappa shape index (κ2) is 17.7. The van der Waals surface area contributed by atoms with Gasteiger partial charge in [-0.05, 0) is 97.2 Å². The van der Waals surface area contributed by atoms with Gasteiger partial charge >= 0.3 is 0 Å². The van der Waals surface area contributed by atoms with Crippen LogP contribution in [0.3, 0.4) is 0 Å². The summed E-state index contributed by atoms with van der Waals surface area (Å²) in [6.45, 7) is 16.6. The van der Waals surface area contributed by atoms with Gasteiger partial charge in [0.1, 0.15) is 61.0 Å². The van der Waals surface area contributed by atoms with Crippen LogP contribution in [0.15, 0.2) is 11.6 Å². The molecule has 0 aromatic carbocycles. The SMILES string of the molecule is COC1C=C2C3CC(C)(C)CCC3(CO)C(O)CC2(C)C2(C)CCC3C(C)(C)C(OC4OC(C)C(O)C(O)C4OC4OC(CO)C(O)C(O)C4OC4OCC(O)C(O)C4O)CCC3(C)C12. The molecule has 0 aromatic heterocycles. The summed E-state index contributed by atoms with van der Waals surface area (Å²) in [6, 6.07) is 0. The Kier molecular flexibility index (Phi) is 13.8.